The zero-order chi connectivity index (χ0) is 22.8. The first kappa shape index (κ1) is 22.1. The molecular weight excluding hydrogens is 416 g/mol. The van der Waals surface area contributed by atoms with Gasteiger partial charge in [0.25, 0.3) is 11.8 Å². The maximum atomic E-state index is 13.7. The first-order chi connectivity index (χ1) is 15.3. The number of halogens is 2. The quantitative estimate of drug-likeness (QED) is 0.698. The SMILES string of the molecule is Cc1ccc(C2=C(Nc3ccc(F)c(F)c3)C(=O)N(CCN3CCOCC3)C2=O)cc1C. The molecule has 0 bridgehead atoms. The molecule has 0 unspecified atom stereocenters. The monoisotopic (exact) mass is 441 g/mol. The molecule has 0 aliphatic carbocycles. The number of hydrogen-bond donors (Lipinski definition) is 1. The van der Waals surface area contributed by atoms with Gasteiger partial charge in [0.15, 0.2) is 11.6 Å². The standard InChI is InChI=1S/C24H25F2N3O3/c1-15-3-4-17(13-16(15)2)21-22(27-18-5-6-19(25)20(26)14-18)24(31)29(23(21)30)8-7-28-9-11-32-12-10-28/h3-6,13-14,27H,7-12H2,1-2H3. The second kappa shape index (κ2) is 9.18. The zero-order valence-electron chi connectivity index (χ0n) is 18.1. The van der Waals surface area contributed by atoms with E-state index in [1.54, 1.807) is 6.07 Å². The van der Waals surface area contributed by atoms with Crippen LogP contribution in [0.25, 0.3) is 5.57 Å². The van der Waals surface area contributed by atoms with E-state index in [1.165, 1.54) is 11.0 Å². The summed E-state index contributed by atoms with van der Waals surface area (Å²) < 4.78 is 32.4. The molecular formula is C24H25F2N3O3. The smallest absolute Gasteiger partial charge is 0.278 e. The van der Waals surface area contributed by atoms with E-state index in [-0.39, 0.29) is 23.5 Å². The maximum Gasteiger partial charge on any atom is 0.278 e. The maximum absolute atomic E-state index is 13.7. The molecule has 1 fully saturated rings. The number of hydrogen-bond acceptors (Lipinski definition) is 5. The molecule has 8 heteroatoms. The summed E-state index contributed by atoms with van der Waals surface area (Å²) >= 11 is 0. The van der Waals surface area contributed by atoms with E-state index in [0.717, 1.165) is 36.3 Å². The average molecular weight is 441 g/mol. The van der Waals surface area contributed by atoms with E-state index in [1.807, 2.05) is 26.0 Å². The van der Waals surface area contributed by atoms with Gasteiger partial charge in [-0.1, -0.05) is 18.2 Å². The molecule has 0 atom stereocenters. The van der Waals surface area contributed by atoms with Crippen LogP contribution >= 0.6 is 0 Å². The fourth-order valence-corrected chi connectivity index (χ4v) is 3.84. The predicted octanol–water partition coefficient (Wildman–Crippen LogP) is 3.11. The van der Waals surface area contributed by atoms with Crippen LogP contribution in [0.2, 0.25) is 0 Å². The summed E-state index contributed by atoms with van der Waals surface area (Å²) in [7, 11) is 0. The molecule has 2 aromatic carbocycles. The number of benzene rings is 2. The van der Waals surface area contributed by atoms with Crippen molar-refractivity contribution in [3.63, 3.8) is 0 Å². The molecule has 0 spiro atoms. The minimum absolute atomic E-state index is 0.0613. The minimum Gasteiger partial charge on any atom is -0.379 e. The van der Waals surface area contributed by atoms with Crippen molar-refractivity contribution in [3.05, 3.63) is 70.4 Å². The van der Waals surface area contributed by atoms with E-state index < -0.39 is 23.4 Å². The summed E-state index contributed by atoms with van der Waals surface area (Å²) in [6, 6.07) is 8.81. The lowest BCUT2D eigenvalue weighted by molar-refractivity contribution is -0.137. The number of nitrogens with zero attached hydrogens (tertiary/aromatic N) is 2. The van der Waals surface area contributed by atoms with Crippen LogP contribution in [0, 0.1) is 25.5 Å². The molecule has 0 saturated carbocycles. The summed E-state index contributed by atoms with van der Waals surface area (Å²) in [4.78, 5) is 29.9. The van der Waals surface area contributed by atoms with Gasteiger partial charge in [-0.3, -0.25) is 19.4 Å². The Morgan fingerprint density at radius 3 is 2.34 bits per heavy atom. The Kier molecular flexibility index (Phi) is 6.34. The van der Waals surface area contributed by atoms with Gasteiger partial charge < -0.3 is 10.1 Å². The molecule has 2 aliphatic heterocycles. The van der Waals surface area contributed by atoms with Crippen LogP contribution < -0.4 is 5.32 Å². The first-order valence-corrected chi connectivity index (χ1v) is 10.6. The van der Waals surface area contributed by atoms with E-state index in [2.05, 4.69) is 10.2 Å². The number of anilines is 1. The van der Waals surface area contributed by atoms with Gasteiger partial charge in [0.05, 0.1) is 18.8 Å². The number of amides is 2. The van der Waals surface area contributed by atoms with Gasteiger partial charge in [0.1, 0.15) is 5.70 Å². The third kappa shape index (κ3) is 4.42. The van der Waals surface area contributed by atoms with E-state index in [4.69, 9.17) is 4.74 Å². The molecule has 0 radical (unpaired) electrons. The predicted molar refractivity (Wildman–Crippen MR) is 117 cm³/mol. The van der Waals surface area contributed by atoms with Gasteiger partial charge in [-0.2, -0.15) is 0 Å². The molecule has 1 N–H and O–H groups in total. The van der Waals surface area contributed by atoms with Crippen LogP contribution in [0.3, 0.4) is 0 Å². The highest BCUT2D eigenvalue weighted by Gasteiger charge is 2.39. The Hall–Kier alpha value is -3.10. The van der Waals surface area contributed by atoms with Crippen molar-refractivity contribution in [1.82, 2.24) is 9.80 Å². The normalized spacial score (nSPS) is 17.4. The van der Waals surface area contributed by atoms with Crippen molar-refractivity contribution < 1.29 is 23.1 Å². The number of morpholine rings is 1. The van der Waals surface area contributed by atoms with Crippen molar-refractivity contribution in [1.29, 1.82) is 0 Å². The number of ether oxygens (including phenoxy) is 1. The number of nitrogens with one attached hydrogen (secondary N) is 1. The van der Waals surface area contributed by atoms with Gasteiger partial charge in [-0.05, 0) is 42.7 Å². The molecule has 2 amide bonds. The van der Waals surface area contributed by atoms with Crippen molar-refractivity contribution in [2.24, 2.45) is 0 Å². The highest BCUT2D eigenvalue weighted by atomic mass is 19.2. The van der Waals surface area contributed by atoms with Crippen molar-refractivity contribution in [2.45, 2.75) is 13.8 Å². The van der Waals surface area contributed by atoms with Crippen LogP contribution in [0.5, 0.6) is 0 Å². The Morgan fingerprint density at radius 1 is 0.906 bits per heavy atom. The summed E-state index contributed by atoms with van der Waals surface area (Å²) in [6.45, 7) is 7.40. The van der Waals surface area contributed by atoms with Crippen LogP contribution in [0.4, 0.5) is 14.5 Å². The Morgan fingerprint density at radius 2 is 1.66 bits per heavy atom. The number of rotatable bonds is 6. The van der Waals surface area contributed by atoms with Crippen LogP contribution in [-0.4, -0.2) is 61.0 Å². The number of carbonyl (C=O) groups is 2. The van der Waals surface area contributed by atoms with Gasteiger partial charge >= 0.3 is 0 Å². The minimum atomic E-state index is -1.04. The van der Waals surface area contributed by atoms with Crippen LogP contribution in [-0.2, 0) is 14.3 Å². The number of aryl methyl sites for hydroxylation is 2. The first-order valence-electron chi connectivity index (χ1n) is 10.6. The highest BCUT2D eigenvalue weighted by molar-refractivity contribution is 6.36. The second-order valence-electron chi connectivity index (χ2n) is 8.02. The van der Waals surface area contributed by atoms with Crippen LogP contribution in [0.1, 0.15) is 16.7 Å². The van der Waals surface area contributed by atoms with Gasteiger partial charge in [-0.25, -0.2) is 8.78 Å². The topological polar surface area (TPSA) is 61.9 Å². The Balaban J connectivity index is 1.66. The fourth-order valence-electron chi connectivity index (χ4n) is 3.84. The fraction of sp³-hybridized carbons (Fsp3) is 0.333. The molecule has 4 rings (SSSR count). The molecule has 2 heterocycles. The van der Waals surface area contributed by atoms with Crippen LogP contribution in [0.15, 0.2) is 42.1 Å². The van der Waals surface area contributed by atoms with Gasteiger partial charge in [-0.15, -0.1) is 0 Å². The second-order valence-corrected chi connectivity index (χ2v) is 8.02. The lowest BCUT2D eigenvalue weighted by Gasteiger charge is -2.28. The third-order valence-electron chi connectivity index (χ3n) is 5.90. The summed E-state index contributed by atoms with van der Waals surface area (Å²) in [5.74, 6) is -2.91. The molecule has 1 saturated heterocycles. The number of carbonyl (C=O) groups excluding carboxylic acids is 2. The summed E-state index contributed by atoms with van der Waals surface area (Å²) in [5, 5.41) is 2.87. The average Bonchev–Trinajstić information content (AvgIpc) is 3.01. The lowest BCUT2D eigenvalue weighted by atomic mass is 9.99. The van der Waals surface area contributed by atoms with Crippen molar-refractivity contribution in [3.8, 4) is 0 Å². The highest BCUT2D eigenvalue weighted by Crippen LogP contribution is 2.31. The van der Waals surface area contributed by atoms with Crippen molar-refractivity contribution >= 4 is 23.1 Å². The Labute approximate surface area is 185 Å². The van der Waals surface area contributed by atoms with Crippen molar-refractivity contribution in [2.75, 3.05) is 44.7 Å². The van der Waals surface area contributed by atoms with E-state index in [9.17, 15) is 18.4 Å². The zero-order valence-corrected chi connectivity index (χ0v) is 18.1. The Bertz CT molecular complexity index is 1090. The van der Waals surface area contributed by atoms with Gasteiger partial charge in [0.2, 0.25) is 0 Å². The summed E-state index contributed by atoms with van der Waals surface area (Å²) in [5.41, 5.74) is 3.12. The molecule has 0 aromatic heterocycles. The molecule has 2 aromatic rings. The third-order valence-corrected chi connectivity index (χ3v) is 5.90. The molecule has 168 valence electrons. The number of imide groups is 1. The van der Waals surface area contributed by atoms with Gasteiger partial charge in [0, 0.05) is 37.9 Å². The van der Waals surface area contributed by atoms with E-state index in [0.29, 0.717) is 25.3 Å². The molecule has 32 heavy (non-hydrogen) atoms. The van der Waals surface area contributed by atoms with E-state index >= 15 is 0 Å². The summed E-state index contributed by atoms with van der Waals surface area (Å²) in [6.07, 6.45) is 0. The lowest BCUT2D eigenvalue weighted by Crippen LogP contribution is -2.43. The molecule has 2 aliphatic rings. The molecule has 6 nitrogen and oxygen atoms in total. The largest absolute Gasteiger partial charge is 0.379 e.